The lowest BCUT2D eigenvalue weighted by Crippen LogP contribution is -2.23. The quantitative estimate of drug-likeness (QED) is 0.326. The summed E-state index contributed by atoms with van der Waals surface area (Å²) < 4.78 is 5.36. The van der Waals surface area contributed by atoms with Gasteiger partial charge in [-0.2, -0.15) is 5.26 Å². The first-order valence-corrected chi connectivity index (χ1v) is 11.2. The third-order valence-electron chi connectivity index (χ3n) is 4.05. The predicted molar refractivity (Wildman–Crippen MR) is 101 cm³/mol. The zero-order chi connectivity index (χ0) is 16.8. The highest BCUT2D eigenvalue weighted by molar-refractivity contribution is 8.20. The lowest BCUT2D eigenvalue weighted by molar-refractivity contribution is -0.146. The molecule has 0 saturated carbocycles. The topological polar surface area (TPSA) is 50.1 Å². The van der Waals surface area contributed by atoms with Gasteiger partial charge in [-0.05, 0) is 6.42 Å². The molecular weight excluding hydrogens is 326 g/mol. The van der Waals surface area contributed by atoms with Gasteiger partial charge in [0.05, 0.1) is 17.3 Å². The van der Waals surface area contributed by atoms with Crippen molar-refractivity contribution in [3.63, 3.8) is 0 Å². The van der Waals surface area contributed by atoms with E-state index in [1.54, 1.807) is 23.5 Å². The largest absolute Gasteiger partial charge is 0.465 e. The number of ether oxygens (including phenoxy) is 1. The first-order chi connectivity index (χ1) is 11.3. The third kappa shape index (κ3) is 9.52. The molecule has 0 spiro atoms. The van der Waals surface area contributed by atoms with E-state index in [0.29, 0.717) is 6.61 Å². The van der Waals surface area contributed by atoms with Crippen LogP contribution in [0.3, 0.4) is 0 Å². The van der Waals surface area contributed by atoms with Crippen LogP contribution in [0.2, 0.25) is 0 Å². The molecule has 3 nitrogen and oxygen atoms in total. The van der Waals surface area contributed by atoms with E-state index >= 15 is 0 Å². The van der Waals surface area contributed by atoms with E-state index in [0.717, 1.165) is 24.3 Å². The van der Waals surface area contributed by atoms with Crippen molar-refractivity contribution in [1.82, 2.24) is 0 Å². The van der Waals surface area contributed by atoms with Crippen molar-refractivity contribution in [3.05, 3.63) is 0 Å². The summed E-state index contributed by atoms with van der Waals surface area (Å²) in [6.07, 6.45) is 12.7. The molecule has 1 aliphatic heterocycles. The first kappa shape index (κ1) is 20.7. The number of carbonyl (C=O) groups excluding carboxylic acids is 1. The Kier molecular flexibility index (Phi) is 12.6. The summed E-state index contributed by atoms with van der Waals surface area (Å²) in [7, 11) is 0. The number of thioether (sulfide) groups is 2. The van der Waals surface area contributed by atoms with E-state index in [1.165, 1.54) is 51.4 Å². The van der Waals surface area contributed by atoms with Crippen LogP contribution in [0.1, 0.15) is 71.1 Å². The number of carbonyl (C=O) groups is 1. The second-order valence-corrected chi connectivity index (χ2v) is 8.86. The Hall–Kier alpha value is -0.340. The lowest BCUT2D eigenvalue weighted by atomic mass is 10.1. The number of nitrogens with zero attached hydrogens (tertiary/aromatic N) is 1. The Morgan fingerprint density at radius 3 is 2.09 bits per heavy atom. The molecule has 0 aromatic rings. The lowest BCUT2D eigenvalue weighted by Gasteiger charge is -2.14. The number of unbranched alkanes of at least 4 members (excludes halogenated alkanes) is 9. The van der Waals surface area contributed by atoms with Gasteiger partial charge in [0, 0.05) is 11.5 Å². The Morgan fingerprint density at radius 2 is 1.57 bits per heavy atom. The minimum absolute atomic E-state index is 0.0696. The molecule has 23 heavy (non-hydrogen) atoms. The zero-order valence-corrected chi connectivity index (χ0v) is 16.1. The van der Waals surface area contributed by atoms with Gasteiger partial charge < -0.3 is 4.74 Å². The van der Waals surface area contributed by atoms with Crippen molar-refractivity contribution in [3.8, 4) is 6.07 Å². The molecule has 0 aliphatic carbocycles. The van der Waals surface area contributed by atoms with Gasteiger partial charge in [-0.1, -0.05) is 64.7 Å². The molecule has 1 saturated heterocycles. The van der Waals surface area contributed by atoms with Gasteiger partial charge in [0.1, 0.15) is 0 Å². The van der Waals surface area contributed by atoms with E-state index < -0.39 is 5.92 Å². The molecule has 0 radical (unpaired) electrons. The maximum atomic E-state index is 12.0. The molecule has 1 atom stereocenters. The molecule has 0 N–H and O–H groups in total. The van der Waals surface area contributed by atoms with Crippen LogP contribution in [-0.2, 0) is 9.53 Å². The smallest absolute Gasteiger partial charge is 0.325 e. The van der Waals surface area contributed by atoms with Crippen molar-refractivity contribution >= 4 is 29.5 Å². The first-order valence-electron chi connectivity index (χ1n) is 9.09. The summed E-state index contributed by atoms with van der Waals surface area (Å²) in [6.45, 7) is 2.71. The van der Waals surface area contributed by atoms with E-state index in [1.807, 2.05) is 0 Å². The number of hydrogen-bond donors (Lipinski definition) is 0. The van der Waals surface area contributed by atoms with Crippen molar-refractivity contribution in [1.29, 1.82) is 5.26 Å². The number of rotatable bonds is 13. The van der Waals surface area contributed by atoms with Crippen molar-refractivity contribution < 1.29 is 9.53 Å². The number of hydrogen-bond acceptors (Lipinski definition) is 5. The fourth-order valence-electron chi connectivity index (χ4n) is 2.65. The second kappa shape index (κ2) is 14.0. The summed E-state index contributed by atoms with van der Waals surface area (Å²) in [5, 5.41) is 9.16. The highest BCUT2D eigenvalue weighted by atomic mass is 32.2. The molecule has 1 heterocycles. The van der Waals surface area contributed by atoms with Gasteiger partial charge in [-0.25, -0.2) is 0 Å². The highest BCUT2D eigenvalue weighted by Crippen LogP contribution is 2.37. The van der Waals surface area contributed by atoms with Gasteiger partial charge in [-0.3, -0.25) is 4.79 Å². The van der Waals surface area contributed by atoms with Crippen molar-refractivity contribution in [2.24, 2.45) is 5.92 Å². The van der Waals surface area contributed by atoms with E-state index in [-0.39, 0.29) is 10.6 Å². The van der Waals surface area contributed by atoms with Crippen LogP contribution < -0.4 is 0 Å². The third-order valence-corrected chi connectivity index (χ3v) is 7.21. The molecule has 0 aromatic carbocycles. The molecule has 1 aliphatic rings. The van der Waals surface area contributed by atoms with Crippen LogP contribution in [0.15, 0.2) is 0 Å². The van der Waals surface area contributed by atoms with Crippen LogP contribution in [0.25, 0.3) is 0 Å². The van der Waals surface area contributed by atoms with Gasteiger partial charge in [-0.15, -0.1) is 23.5 Å². The van der Waals surface area contributed by atoms with Crippen molar-refractivity contribution in [2.45, 2.75) is 75.7 Å². The molecule has 0 aromatic heterocycles. The van der Waals surface area contributed by atoms with Crippen LogP contribution >= 0.6 is 23.5 Å². The standard InChI is InChI=1S/C18H31NO2S2/c1-2-3-4-5-6-7-8-9-10-11-12-21-17(20)16(15-19)18-22-13-14-23-18/h16,18H,2-14H2,1H3. The minimum Gasteiger partial charge on any atom is -0.465 e. The van der Waals surface area contributed by atoms with E-state index in [4.69, 9.17) is 10.00 Å². The fourth-order valence-corrected chi connectivity index (χ4v) is 5.57. The Labute approximate surface area is 150 Å². The van der Waals surface area contributed by atoms with Gasteiger partial charge in [0.2, 0.25) is 0 Å². The van der Waals surface area contributed by atoms with Crippen LogP contribution in [0.4, 0.5) is 0 Å². The Bertz CT molecular complexity index is 351. The monoisotopic (exact) mass is 357 g/mol. The SMILES string of the molecule is CCCCCCCCCCCCOC(=O)C(C#N)C1SCCS1. The molecule has 1 fully saturated rings. The summed E-state index contributed by atoms with van der Waals surface area (Å²) in [5.41, 5.74) is 0. The molecule has 1 unspecified atom stereocenters. The Balaban J connectivity index is 1.93. The molecule has 0 bridgehead atoms. The molecular formula is C18H31NO2S2. The van der Waals surface area contributed by atoms with Gasteiger partial charge in [0.25, 0.3) is 0 Å². The van der Waals surface area contributed by atoms with Crippen LogP contribution in [0.5, 0.6) is 0 Å². The van der Waals surface area contributed by atoms with Gasteiger partial charge >= 0.3 is 5.97 Å². The van der Waals surface area contributed by atoms with Crippen LogP contribution in [-0.4, -0.2) is 28.7 Å². The average Bonchev–Trinajstić information content (AvgIpc) is 3.07. The number of esters is 1. The summed E-state index contributed by atoms with van der Waals surface area (Å²) in [4.78, 5) is 12.0. The second-order valence-electron chi connectivity index (χ2n) is 6.07. The summed E-state index contributed by atoms with van der Waals surface area (Å²) in [5.74, 6) is 1.13. The average molecular weight is 358 g/mol. The fraction of sp³-hybridized carbons (Fsp3) is 0.889. The summed E-state index contributed by atoms with van der Waals surface area (Å²) >= 11 is 3.41. The van der Waals surface area contributed by atoms with Gasteiger partial charge in [0.15, 0.2) is 5.92 Å². The van der Waals surface area contributed by atoms with E-state index in [9.17, 15) is 4.79 Å². The maximum Gasteiger partial charge on any atom is 0.325 e. The van der Waals surface area contributed by atoms with Crippen molar-refractivity contribution in [2.75, 3.05) is 18.1 Å². The number of nitriles is 1. The molecule has 0 amide bonds. The highest BCUT2D eigenvalue weighted by Gasteiger charge is 2.33. The van der Waals surface area contributed by atoms with Crippen LogP contribution in [0, 0.1) is 17.2 Å². The molecule has 132 valence electrons. The maximum absolute atomic E-state index is 12.0. The normalized spacial score (nSPS) is 16.2. The van der Waals surface area contributed by atoms with E-state index in [2.05, 4.69) is 13.0 Å². The predicted octanol–water partition coefficient (Wildman–Crippen LogP) is 5.40. The Morgan fingerprint density at radius 1 is 1.04 bits per heavy atom. The summed E-state index contributed by atoms with van der Waals surface area (Å²) in [6, 6.07) is 2.12. The molecule has 5 heteroatoms. The zero-order valence-electron chi connectivity index (χ0n) is 14.4. The molecule has 1 rings (SSSR count). The minimum atomic E-state index is -0.601.